The smallest absolute Gasteiger partial charge is 0.312 e. The van der Waals surface area contributed by atoms with Gasteiger partial charge in [-0.1, -0.05) is 32.0 Å². The molecule has 1 heterocycles. The van der Waals surface area contributed by atoms with Crippen molar-refractivity contribution in [1.29, 1.82) is 0 Å². The van der Waals surface area contributed by atoms with E-state index in [4.69, 9.17) is 10.5 Å². The maximum Gasteiger partial charge on any atom is 0.312 e. The number of hydrogen-bond acceptors (Lipinski definition) is 3. The Kier molecular flexibility index (Phi) is 5.25. The quantitative estimate of drug-likeness (QED) is 0.773. The largest absolute Gasteiger partial charge is 0.493 e. The summed E-state index contributed by atoms with van der Waals surface area (Å²) in [6.07, 6.45) is 1.24. The molecule has 0 saturated carbocycles. The van der Waals surface area contributed by atoms with Crippen molar-refractivity contribution in [2.24, 2.45) is 11.7 Å². The average molecular weight is 305 g/mol. The Labute approximate surface area is 130 Å². The van der Waals surface area contributed by atoms with Crippen molar-refractivity contribution in [3.63, 3.8) is 0 Å². The van der Waals surface area contributed by atoms with Gasteiger partial charge >= 0.3 is 6.03 Å². The molecule has 1 aromatic rings. The SMILES string of the molecule is CC(C)C[C@@H](NC(N)=O)C(=O)N[C@@H]1CCOc2ccccc21. The molecule has 0 aromatic heterocycles. The maximum atomic E-state index is 12.5. The summed E-state index contributed by atoms with van der Waals surface area (Å²) in [5, 5.41) is 5.52. The lowest BCUT2D eigenvalue weighted by atomic mass is 9.98. The highest BCUT2D eigenvalue weighted by molar-refractivity contribution is 5.86. The highest BCUT2D eigenvalue weighted by atomic mass is 16.5. The van der Waals surface area contributed by atoms with Crippen LogP contribution in [0.5, 0.6) is 5.75 Å². The van der Waals surface area contributed by atoms with Gasteiger partial charge in [0.1, 0.15) is 11.8 Å². The number of nitrogens with two attached hydrogens (primary N) is 1. The highest BCUT2D eigenvalue weighted by Gasteiger charge is 2.27. The van der Waals surface area contributed by atoms with E-state index in [0.717, 1.165) is 11.3 Å². The van der Waals surface area contributed by atoms with E-state index < -0.39 is 12.1 Å². The molecule has 1 aliphatic rings. The number of amides is 3. The fourth-order valence-electron chi connectivity index (χ4n) is 2.64. The molecule has 1 aromatic carbocycles. The topological polar surface area (TPSA) is 93.5 Å². The van der Waals surface area contributed by atoms with Gasteiger partial charge in [-0.25, -0.2) is 4.79 Å². The van der Waals surface area contributed by atoms with E-state index in [1.807, 2.05) is 38.1 Å². The minimum atomic E-state index is -0.687. The van der Waals surface area contributed by atoms with E-state index >= 15 is 0 Å². The first-order chi connectivity index (χ1) is 10.5. The summed E-state index contributed by atoms with van der Waals surface area (Å²) in [5.74, 6) is 0.848. The molecule has 2 atom stereocenters. The predicted octanol–water partition coefficient (Wildman–Crippen LogP) is 1.71. The summed E-state index contributed by atoms with van der Waals surface area (Å²) in [6, 6.07) is 6.24. The van der Waals surface area contributed by atoms with Crippen LogP contribution in [-0.4, -0.2) is 24.6 Å². The van der Waals surface area contributed by atoms with Crippen molar-refractivity contribution < 1.29 is 14.3 Å². The van der Waals surface area contributed by atoms with Crippen molar-refractivity contribution in [2.75, 3.05) is 6.61 Å². The van der Waals surface area contributed by atoms with Crippen LogP contribution in [0.2, 0.25) is 0 Å². The van der Waals surface area contributed by atoms with Gasteiger partial charge in [0, 0.05) is 12.0 Å². The van der Waals surface area contributed by atoms with E-state index in [0.29, 0.717) is 19.4 Å². The molecule has 0 bridgehead atoms. The number of nitrogens with one attached hydrogen (secondary N) is 2. The minimum absolute atomic E-state index is 0.109. The van der Waals surface area contributed by atoms with Gasteiger partial charge < -0.3 is 21.1 Å². The number of para-hydroxylation sites is 1. The van der Waals surface area contributed by atoms with Crippen molar-refractivity contribution in [2.45, 2.75) is 38.8 Å². The molecule has 0 radical (unpaired) electrons. The van der Waals surface area contributed by atoms with Gasteiger partial charge in [-0.15, -0.1) is 0 Å². The van der Waals surface area contributed by atoms with Gasteiger partial charge in [0.05, 0.1) is 12.6 Å². The monoisotopic (exact) mass is 305 g/mol. The van der Waals surface area contributed by atoms with Gasteiger partial charge in [0.2, 0.25) is 5.91 Å². The molecule has 4 N–H and O–H groups in total. The Balaban J connectivity index is 2.08. The lowest BCUT2D eigenvalue weighted by molar-refractivity contribution is -0.124. The van der Waals surface area contributed by atoms with Gasteiger partial charge in [0.15, 0.2) is 0 Å². The van der Waals surface area contributed by atoms with Crippen LogP contribution in [0.1, 0.15) is 38.3 Å². The van der Waals surface area contributed by atoms with Crippen LogP contribution < -0.4 is 21.1 Å². The first-order valence-electron chi connectivity index (χ1n) is 7.55. The van der Waals surface area contributed by atoms with Crippen LogP contribution in [0.3, 0.4) is 0 Å². The number of hydrogen-bond donors (Lipinski definition) is 3. The molecule has 0 saturated heterocycles. The summed E-state index contributed by atoms with van der Waals surface area (Å²) >= 11 is 0. The summed E-state index contributed by atoms with van der Waals surface area (Å²) in [6.45, 7) is 4.54. The van der Waals surface area contributed by atoms with Gasteiger partial charge in [-0.05, 0) is 18.4 Å². The lowest BCUT2D eigenvalue weighted by Crippen LogP contribution is -2.50. The Morgan fingerprint density at radius 1 is 1.36 bits per heavy atom. The number of primary amides is 1. The molecule has 6 heteroatoms. The molecular weight excluding hydrogens is 282 g/mol. The van der Waals surface area contributed by atoms with Crippen molar-refractivity contribution in [1.82, 2.24) is 10.6 Å². The molecular formula is C16H23N3O3. The first kappa shape index (κ1) is 16.1. The fraction of sp³-hybridized carbons (Fsp3) is 0.500. The third kappa shape index (κ3) is 4.13. The standard InChI is InChI=1S/C16H23N3O3/c1-10(2)9-13(19-16(17)21)15(20)18-12-7-8-22-14-6-4-3-5-11(12)14/h3-6,10,12-13H,7-9H2,1-2H3,(H,18,20)(H3,17,19,21)/t12-,13-/m1/s1. The predicted molar refractivity (Wildman–Crippen MR) is 83.4 cm³/mol. The van der Waals surface area contributed by atoms with E-state index in [-0.39, 0.29) is 17.9 Å². The summed E-state index contributed by atoms with van der Waals surface area (Å²) < 4.78 is 5.58. The number of carbonyl (C=O) groups excluding carboxylic acids is 2. The number of carbonyl (C=O) groups is 2. The third-order valence-corrected chi connectivity index (χ3v) is 3.62. The zero-order valence-corrected chi connectivity index (χ0v) is 13.0. The minimum Gasteiger partial charge on any atom is -0.493 e. The Hall–Kier alpha value is -2.24. The molecule has 0 aliphatic carbocycles. The zero-order chi connectivity index (χ0) is 16.1. The van der Waals surface area contributed by atoms with Gasteiger partial charge in [-0.2, -0.15) is 0 Å². The molecule has 1 aliphatic heterocycles. The summed E-state index contributed by atoms with van der Waals surface area (Å²) in [5.41, 5.74) is 6.13. The van der Waals surface area contributed by atoms with Gasteiger partial charge in [0.25, 0.3) is 0 Å². The van der Waals surface area contributed by atoms with Crippen LogP contribution >= 0.6 is 0 Å². The second-order valence-corrected chi connectivity index (χ2v) is 5.93. The maximum absolute atomic E-state index is 12.5. The van der Waals surface area contributed by atoms with Crippen LogP contribution in [-0.2, 0) is 4.79 Å². The molecule has 0 fully saturated rings. The van der Waals surface area contributed by atoms with Crippen molar-refractivity contribution in [3.8, 4) is 5.75 Å². The molecule has 120 valence electrons. The number of urea groups is 1. The Morgan fingerprint density at radius 3 is 2.77 bits per heavy atom. The highest BCUT2D eigenvalue weighted by Crippen LogP contribution is 2.31. The van der Waals surface area contributed by atoms with E-state index in [1.54, 1.807) is 0 Å². The molecule has 3 amide bonds. The molecule has 0 unspecified atom stereocenters. The van der Waals surface area contributed by atoms with E-state index in [1.165, 1.54) is 0 Å². The summed E-state index contributed by atoms with van der Waals surface area (Å²) in [4.78, 5) is 23.6. The van der Waals surface area contributed by atoms with Crippen molar-refractivity contribution in [3.05, 3.63) is 29.8 Å². The van der Waals surface area contributed by atoms with E-state index in [2.05, 4.69) is 10.6 Å². The second kappa shape index (κ2) is 7.15. The molecule has 0 spiro atoms. The second-order valence-electron chi connectivity index (χ2n) is 5.93. The third-order valence-electron chi connectivity index (χ3n) is 3.62. The van der Waals surface area contributed by atoms with Crippen LogP contribution in [0.4, 0.5) is 4.79 Å². The van der Waals surface area contributed by atoms with Crippen LogP contribution in [0.15, 0.2) is 24.3 Å². The number of fused-ring (bicyclic) bond motifs is 1. The average Bonchev–Trinajstić information content (AvgIpc) is 2.46. The van der Waals surface area contributed by atoms with Crippen LogP contribution in [0, 0.1) is 5.92 Å². The molecule has 6 nitrogen and oxygen atoms in total. The molecule has 22 heavy (non-hydrogen) atoms. The summed E-state index contributed by atoms with van der Waals surface area (Å²) in [7, 11) is 0. The lowest BCUT2D eigenvalue weighted by Gasteiger charge is -2.28. The Morgan fingerprint density at radius 2 is 2.09 bits per heavy atom. The Bertz CT molecular complexity index is 545. The number of rotatable bonds is 5. The molecule has 2 rings (SSSR count). The number of ether oxygens (including phenoxy) is 1. The van der Waals surface area contributed by atoms with E-state index in [9.17, 15) is 9.59 Å². The van der Waals surface area contributed by atoms with Gasteiger partial charge in [-0.3, -0.25) is 4.79 Å². The number of benzene rings is 1. The zero-order valence-electron chi connectivity index (χ0n) is 13.0. The first-order valence-corrected chi connectivity index (χ1v) is 7.55. The van der Waals surface area contributed by atoms with Crippen LogP contribution in [0.25, 0.3) is 0 Å². The normalized spacial score (nSPS) is 18.0. The fourth-order valence-corrected chi connectivity index (χ4v) is 2.64. The van der Waals surface area contributed by atoms with Crippen molar-refractivity contribution >= 4 is 11.9 Å².